The van der Waals surface area contributed by atoms with Crippen molar-refractivity contribution in [3.8, 4) is 0 Å². The van der Waals surface area contributed by atoms with Gasteiger partial charge < -0.3 is 10.2 Å². The third-order valence-electron chi connectivity index (χ3n) is 3.13. The van der Waals surface area contributed by atoms with Crippen molar-refractivity contribution < 1.29 is 4.79 Å². The van der Waals surface area contributed by atoms with Gasteiger partial charge in [0.2, 0.25) is 5.91 Å². The van der Waals surface area contributed by atoms with Gasteiger partial charge in [0, 0.05) is 19.6 Å². The van der Waals surface area contributed by atoms with Gasteiger partial charge in [-0.3, -0.25) is 4.79 Å². The van der Waals surface area contributed by atoms with Crippen molar-refractivity contribution in [1.82, 2.24) is 10.2 Å². The first-order valence-corrected chi connectivity index (χ1v) is 6.67. The van der Waals surface area contributed by atoms with E-state index >= 15 is 0 Å². The number of carbonyl (C=O) groups excluding carboxylic acids is 1. The molecule has 18 heavy (non-hydrogen) atoms. The van der Waals surface area contributed by atoms with E-state index in [2.05, 4.69) is 31.3 Å². The molecule has 0 radical (unpaired) electrons. The molecular formula is C15H24N2O. The van der Waals surface area contributed by atoms with Gasteiger partial charge in [0.05, 0.1) is 6.54 Å². The lowest BCUT2D eigenvalue weighted by molar-refractivity contribution is -0.129. The van der Waals surface area contributed by atoms with Crippen LogP contribution in [0.3, 0.4) is 0 Å². The van der Waals surface area contributed by atoms with E-state index in [0.29, 0.717) is 6.54 Å². The third-order valence-corrected chi connectivity index (χ3v) is 3.13. The zero-order valence-electron chi connectivity index (χ0n) is 11.6. The number of unbranched alkanes of at least 4 members (excludes halogenated alkanes) is 1. The monoisotopic (exact) mass is 248 g/mol. The van der Waals surface area contributed by atoms with Gasteiger partial charge >= 0.3 is 0 Å². The van der Waals surface area contributed by atoms with E-state index in [0.717, 1.165) is 19.4 Å². The van der Waals surface area contributed by atoms with Gasteiger partial charge in [0.15, 0.2) is 0 Å². The van der Waals surface area contributed by atoms with Crippen molar-refractivity contribution in [3.05, 3.63) is 35.9 Å². The van der Waals surface area contributed by atoms with Crippen LogP contribution in [0.2, 0.25) is 0 Å². The molecule has 1 rings (SSSR count). The Bertz CT molecular complexity index is 351. The van der Waals surface area contributed by atoms with Gasteiger partial charge in [-0.05, 0) is 18.9 Å². The van der Waals surface area contributed by atoms with Crippen LogP contribution in [0.4, 0.5) is 0 Å². The standard InChI is InChI=1S/C15H24N2O/c1-4-5-11-17(3)15(18)12-16-13(2)14-9-7-6-8-10-14/h6-10,13,16H,4-5,11-12H2,1-3H3. The number of benzene rings is 1. The van der Waals surface area contributed by atoms with E-state index in [1.165, 1.54) is 5.56 Å². The minimum atomic E-state index is 0.159. The number of hydrogen-bond donors (Lipinski definition) is 1. The highest BCUT2D eigenvalue weighted by Gasteiger charge is 2.10. The van der Waals surface area contributed by atoms with Crippen LogP contribution >= 0.6 is 0 Å². The van der Waals surface area contributed by atoms with Crippen molar-refractivity contribution in [2.45, 2.75) is 32.7 Å². The second-order valence-electron chi connectivity index (χ2n) is 4.68. The molecule has 0 aromatic heterocycles. The largest absolute Gasteiger partial charge is 0.345 e. The lowest BCUT2D eigenvalue weighted by atomic mass is 10.1. The minimum Gasteiger partial charge on any atom is -0.345 e. The molecule has 0 heterocycles. The predicted octanol–water partition coefficient (Wildman–Crippen LogP) is 2.60. The summed E-state index contributed by atoms with van der Waals surface area (Å²) in [6, 6.07) is 10.4. The molecule has 0 aliphatic rings. The van der Waals surface area contributed by atoms with Gasteiger partial charge in [-0.1, -0.05) is 43.7 Å². The van der Waals surface area contributed by atoms with Crippen LogP contribution in [-0.2, 0) is 4.79 Å². The van der Waals surface area contributed by atoms with E-state index in [1.54, 1.807) is 4.90 Å². The second-order valence-corrected chi connectivity index (χ2v) is 4.68. The number of rotatable bonds is 7. The molecule has 1 amide bonds. The molecule has 1 aromatic rings. The van der Waals surface area contributed by atoms with Crippen molar-refractivity contribution in [3.63, 3.8) is 0 Å². The summed E-state index contributed by atoms with van der Waals surface area (Å²) in [5.74, 6) is 0.159. The number of likely N-dealkylation sites (N-methyl/N-ethyl adjacent to an activating group) is 1. The van der Waals surface area contributed by atoms with Gasteiger partial charge in [-0.2, -0.15) is 0 Å². The number of carbonyl (C=O) groups is 1. The maximum absolute atomic E-state index is 11.8. The predicted molar refractivity (Wildman–Crippen MR) is 75.4 cm³/mol. The maximum atomic E-state index is 11.8. The molecule has 0 saturated heterocycles. The van der Waals surface area contributed by atoms with E-state index in [-0.39, 0.29) is 11.9 Å². The molecule has 0 spiro atoms. The first-order chi connectivity index (χ1) is 8.65. The smallest absolute Gasteiger partial charge is 0.236 e. The Morgan fingerprint density at radius 1 is 1.33 bits per heavy atom. The summed E-state index contributed by atoms with van der Waals surface area (Å²) in [6.07, 6.45) is 2.18. The fourth-order valence-electron chi connectivity index (χ4n) is 1.75. The summed E-state index contributed by atoms with van der Waals surface area (Å²) < 4.78 is 0. The SMILES string of the molecule is CCCCN(C)C(=O)CNC(C)c1ccccc1. The van der Waals surface area contributed by atoms with Crippen LogP contribution in [0, 0.1) is 0 Å². The molecule has 100 valence electrons. The highest BCUT2D eigenvalue weighted by atomic mass is 16.2. The van der Waals surface area contributed by atoms with Crippen molar-refractivity contribution >= 4 is 5.91 Å². The van der Waals surface area contributed by atoms with E-state index in [9.17, 15) is 4.79 Å². The average Bonchev–Trinajstić information content (AvgIpc) is 2.42. The highest BCUT2D eigenvalue weighted by molar-refractivity contribution is 5.77. The van der Waals surface area contributed by atoms with Crippen LogP contribution in [0.1, 0.15) is 38.3 Å². The van der Waals surface area contributed by atoms with Crippen molar-refractivity contribution in [2.24, 2.45) is 0 Å². The minimum absolute atomic E-state index is 0.159. The first kappa shape index (κ1) is 14.7. The highest BCUT2D eigenvalue weighted by Crippen LogP contribution is 2.10. The van der Waals surface area contributed by atoms with Crippen LogP contribution in [0.5, 0.6) is 0 Å². The van der Waals surface area contributed by atoms with Gasteiger partial charge in [-0.15, -0.1) is 0 Å². The topological polar surface area (TPSA) is 32.3 Å². The number of nitrogens with zero attached hydrogens (tertiary/aromatic N) is 1. The zero-order valence-corrected chi connectivity index (χ0v) is 11.6. The Kier molecular flexibility index (Phi) is 6.44. The molecule has 0 bridgehead atoms. The van der Waals surface area contributed by atoms with Crippen molar-refractivity contribution in [1.29, 1.82) is 0 Å². The maximum Gasteiger partial charge on any atom is 0.236 e. The lowest BCUT2D eigenvalue weighted by Gasteiger charge is -2.19. The first-order valence-electron chi connectivity index (χ1n) is 6.67. The van der Waals surface area contributed by atoms with Gasteiger partial charge in [0.25, 0.3) is 0 Å². The van der Waals surface area contributed by atoms with Crippen LogP contribution in [0.25, 0.3) is 0 Å². The van der Waals surface area contributed by atoms with E-state index in [1.807, 2.05) is 25.2 Å². The fourth-order valence-corrected chi connectivity index (χ4v) is 1.75. The molecule has 3 nitrogen and oxygen atoms in total. The number of hydrogen-bond acceptors (Lipinski definition) is 2. The summed E-state index contributed by atoms with van der Waals surface area (Å²) in [5, 5.41) is 3.26. The Hall–Kier alpha value is -1.35. The Balaban J connectivity index is 2.34. The zero-order chi connectivity index (χ0) is 13.4. The molecule has 0 saturated carbocycles. The van der Waals surface area contributed by atoms with Crippen LogP contribution in [-0.4, -0.2) is 30.9 Å². The van der Waals surface area contributed by atoms with E-state index < -0.39 is 0 Å². The quantitative estimate of drug-likeness (QED) is 0.804. The summed E-state index contributed by atoms with van der Waals surface area (Å²) in [7, 11) is 1.87. The van der Waals surface area contributed by atoms with Gasteiger partial charge in [0.1, 0.15) is 0 Å². The second kappa shape index (κ2) is 7.88. The normalized spacial score (nSPS) is 12.2. The number of amides is 1. The Morgan fingerprint density at radius 2 is 2.00 bits per heavy atom. The molecular weight excluding hydrogens is 224 g/mol. The molecule has 0 aliphatic heterocycles. The van der Waals surface area contributed by atoms with Gasteiger partial charge in [-0.25, -0.2) is 0 Å². The molecule has 0 fully saturated rings. The molecule has 1 N–H and O–H groups in total. The average molecular weight is 248 g/mol. The molecule has 0 aliphatic carbocycles. The van der Waals surface area contributed by atoms with Crippen LogP contribution in [0.15, 0.2) is 30.3 Å². The Morgan fingerprint density at radius 3 is 2.61 bits per heavy atom. The molecule has 1 aromatic carbocycles. The molecule has 3 heteroatoms. The Labute approximate surface area is 110 Å². The summed E-state index contributed by atoms with van der Waals surface area (Å²) in [6.45, 7) is 5.45. The van der Waals surface area contributed by atoms with E-state index in [4.69, 9.17) is 0 Å². The fraction of sp³-hybridized carbons (Fsp3) is 0.533. The summed E-state index contributed by atoms with van der Waals surface area (Å²) >= 11 is 0. The lowest BCUT2D eigenvalue weighted by Crippen LogP contribution is -2.37. The van der Waals surface area contributed by atoms with Crippen molar-refractivity contribution in [2.75, 3.05) is 20.1 Å². The molecule has 1 unspecified atom stereocenters. The molecule has 1 atom stereocenters. The summed E-state index contributed by atoms with van der Waals surface area (Å²) in [5.41, 5.74) is 1.21. The van der Waals surface area contributed by atoms with Crippen LogP contribution < -0.4 is 5.32 Å². The number of nitrogens with one attached hydrogen (secondary N) is 1. The third kappa shape index (κ3) is 4.88. The summed E-state index contributed by atoms with van der Waals surface area (Å²) in [4.78, 5) is 13.6.